The zero-order valence-corrected chi connectivity index (χ0v) is 21.0. The lowest BCUT2D eigenvalue weighted by Gasteiger charge is -2.38. The van der Waals surface area contributed by atoms with Crippen LogP contribution in [0.15, 0.2) is 30.3 Å². The molecule has 2 aromatic carbocycles. The van der Waals surface area contributed by atoms with Gasteiger partial charge in [-0.25, -0.2) is 8.78 Å². The highest BCUT2D eigenvalue weighted by Gasteiger charge is 2.49. The van der Waals surface area contributed by atoms with Crippen molar-refractivity contribution in [3.8, 4) is 17.2 Å². The molecule has 0 atom stereocenters. The van der Waals surface area contributed by atoms with Crippen LogP contribution >= 0.6 is 0 Å². The molecule has 0 radical (unpaired) electrons. The van der Waals surface area contributed by atoms with Crippen molar-refractivity contribution < 1.29 is 34.6 Å². The van der Waals surface area contributed by atoms with Gasteiger partial charge in [0, 0.05) is 16.5 Å². The minimum atomic E-state index is -6.07. The molecule has 0 saturated carbocycles. The first kappa shape index (κ1) is 27.1. The molecule has 0 bridgehead atoms. The summed E-state index contributed by atoms with van der Waals surface area (Å²) in [5.41, 5.74) is -1.93. The predicted octanol–water partition coefficient (Wildman–Crippen LogP) is 7.58. The Morgan fingerprint density at radius 2 is 1.48 bits per heavy atom. The third-order valence-corrected chi connectivity index (χ3v) is 13.2. The molecule has 0 aliphatic carbocycles. The van der Waals surface area contributed by atoms with Crippen molar-refractivity contribution in [2.24, 2.45) is 0 Å². The standard InChI is InChI=1S/C23H27F5O3SSi/c1-14(2)33(15(3)4,16(5)6)11-10-17-8-7-9-18-12-19(22(24)25)13-20(21(17)18)31-32(29,30)23(26,27)28/h7-9,12-16,22H,1-6H3. The van der Waals surface area contributed by atoms with E-state index in [2.05, 4.69) is 57.2 Å². The molecular weight excluding hydrogens is 479 g/mol. The van der Waals surface area contributed by atoms with E-state index in [1.807, 2.05) is 0 Å². The first-order valence-corrected chi connectivity index (χ1v) is 14.1. The Morgan fingerprint density at radius 3 is 1.94 bits per heavy atom. The summed E-state index contributed by atoms with van der Waals surface area (Å²) in [6.45, 7) is 12.5. The second-order valence-electron chi connectivity index (χ2n) is 8.85. The van der Waals surface area contributed by atoms with E-state index >= 15 is 0 Å². The number of benzene rings is 2. The number of halogens is 5. The minimum Gasteiger partial charge on any atom is -0.375 e. The summed E-state index contributed by atoms with van der Waals surface area (Å²) >= 11 is 0. The smallest absolute Gasteiger partial charge is 0.375 e. The molecule has 0 heterocycles. The maximum atomic E-state index is 13.4. The van der Waals surface area contributed by atoms with Gasteiger partial charge in [0.2, 0.25) is 0 Å². The number of rotatable bonds is 6. The molecule has 182 valence electrons. The van der Waals surface area contributed by atoms with E-state index in [4.69, 9.17) is 0 Å². The van der Waals surface area contributed by atoms with Crippen LogP contribution in [0.5, 0.6) is 5.75 Å². The largest absolute Gasteiger partial charge is 0.534 e. The summed E-state index contributed by atoms with van der Waals surface area (Å²) < 4.78 is 93.3. The fraction of sp³-hybridized carbons (Fsp3) is 0.478. The van der Waals surface area contributed by atoms with E-state index in [9.17, 15) is 30.4 Å². The molecule has 0 amide bonds. The summed E-state index contributed by atoms with van der Waals surface area (Å²) in [6.07, 6.45) is -3.04. The highest BCUT2D eigenvalue weighted by atomic mass is 32.2. The summed E-state index contributed by atoms with van der Waals surface area (Å²) in [6, 6.07) is 6.17. The molecule has 0 saturated heterocycles. The predicted molar refractivity (Wildman–Crippen MR) is 122 cm³/mol. The van der Waals surface area contributed by atoms with E-state index in [0.29, 0.717) is 6.07 Å². The molecule has 2 rings (SSSR count). The van der Waals surface area contributed by atoms with Gasteiger partial charge >= 0.3 is 15.6 Å². The average Bonchev–Trinajstić information content (AvgIpc) is 2.66. The van der Waals surface area contributed by atoms with Crippen molar-refractivity contribution in [3.05, 3.63) is 41.5 Å². The van der Waals surface area contributed by atoms with Crippen LogP contribution in [-0.2, 0) is 10.1 Å². The van der Waals surface area contributed by atoms with Gasteiger partial charge in [-0.05, 0) is 40.2 Å². The second-order valence-corrected chi connectivity index (χ2v) is 16.0. The molecule has 0 N–H and O–H groups in total. The van der Waals surface area contributed by atoms with E-state index in [1.54, 1.807) is 0 Å². The topological polar surface area (TPSA) is 43.4 Å². The van der Waals surface area contributed by atoms with Crippen LogP contribution in [0.2, 0.25) is 16.6 Å². The van der Waals surface area contributed by atoms with Crippen LogP contribution in [0.25, 0.3) is 10.8 Å². The van der Waals surface area contributed by atoms with E-state index in [-0.39, 0.29) is 33.0 Å². The van der Waals surface area contributed by atoms with Crippen molar-refractivity contribution >= 4 is 29.0 Å². The Morgan fingerprint density at radius 1 is 0.939 bits per heavy atom. The summed E-state index contributed by atoms with van der Waals surface area (Å²) in [5, 5.41) is 0.0549. The van der Waals surface area contributed by atoms with Crippen LogP contribution < -0.4 is 4.18 Å². The summed E-state index contributed by atoms with van der Waals surface area (Å²) in [4.78, 5) is 0. The van der Waals surface area contributed by atoms with Gasteiger partial charge in [-0.1, -0.05) is 59.6 Å². The Kier molecular flexibility index (Phi) is 7.91. The Hall–Kier alpha value is -2.12. The Labute approximate surface area is 192 Å². The van der Waals surface area contributed by atoms with E-state index in [1.165, 1.54) is 18.2 Å². The number of hydrogen-bond donors (Lipinski definition) is 0. The summed E-state index contributed by atoms with van der Waals surface area (Å²) in [5.74, 6) is 2.23. The van der Waals surface area contributed by atoms with Crippen LogP contribution in [0.4, 0.5) is 22.0 Å². The van der Waals surface area contributed by atoms with Gasteiger partial charge in [0.25, 0.3) is 6.43 Å². The maximum absolute atomic E-state index is 13.4. The lowest BCUT2D eigenvalue weighted by molar-refractivity contribution is -0.0499. The van der Waals surface area contributed by atoms with Gasteiger partial charge in [-0.2, -0.15) is 21.6 Å². The SMILES string of the molecule is CC(C)[Si](C#Cc1cccc2cc(C(F)F)cc(OS(=O)(=O)C(F)(F)F)c12)(C(C)C)C(C)C. The van der Waals surface area contributed by atoms with Crippen LogP contribution in [0.3, 0.4) is 0 Å². The lowest BCUT2D eigenvalue weighted by Crippen LogP contribution is -2.43. The first-order valence-electron chi connectivity index (χ1n) is 10.4. The second kappa shape index (κ2) is 9.62. The minimum absolute atomic E-state index is 0.0543. The monoisotopic (exact) mass is 506 g/mol. The normalized spacial score (nSPS) is 13.2. The van der Waals surface area contributed by atoms with Gasteiger partial charge in [0.15, 0.2) is 5.75 Å². The van der Waals surface area contributed by atoms with Crippen molar-refractivity contribution in [3.63, 3.8) is 0 Å². The lowest BCUT2D eigenvalue weighted by atomic mass is 10.0. The van der Waals surface area contributed by atoms with Crippen molar-refractivity contribution in [2.45, 2.75) is 70.1 Å². The van der Waals surface area contributed by atoms with E-state index in [0.717, 1.165) is 6.07 Å². The van der Waals surface area contributed by atoms with Gasteiger partial charge in [-0.3, -0.25) is 0 Å². The van der Waals surface area contributed by atoms with Crippen LogP contribution in [-0.4, -0.2) is 22.0 Å². The average molecular weight is 507 g/mol. The number of fused-ring (bicyclic) bond motifs is 1. The molecule has 3 nitrogen and oxygen atoms in total. The van der Waals surface area contributed by atoms with E-state index < -0.39 is 41.4 Å². The molecule has 0 aliphatic heterocycles. The number of hydrogen-bond acceptors (Lipinski definition) is 3. The zero-order valence-electron chi connectivity index (χ0n) is 19.2. The molecule has 0 aromatic heterocycles. The zero-order chi connectivity index (χ0) is 25.4. The highest BCUT2D eigenvalue weighted by Crippen LogP contribution is 2.41. The molecule has 33 heavy (non-hydrogen) atoms. The molecule has 0 aliphatic rings. The summed E-state index contributed by atoms with van der Waals surface area (Å²) in [7, 11) is -8.31. The molecule has 0 spiro atoms. The molecule has 2 aromatic rings. The van der Waals surface area contributed by atoms with Crippen molar-refractivity contribution in [1.82, 2.24) is 0 Å². The van der Waals surface area contributed by atoms with Crippen molar-refractivity contribution in [1.29, 1.82) is 0 Å². The quantitative estimate of drug-likeness (QED) is 0.133. The fourth-order valence-corrected chi connectivity index (χ4v) is 10.2. The van der Waals surface area contributed by atoms with Crippen LogP contribution in [0, 0.1) is 11.5 Å². The first-order chi connectivity index (χ1) is 15.0. The fourth-order valence-electron chi connectivity index (χ4n) is 4.48. The van der Waals surface area contributed by atoms with Crippen LogP contribution in [0.1, 0.15) is 59.1 Å². The molecule has 10 heteroatoms. The third-order valence-electron chi connectivity index (χ3n) is 5.98. The maximum Gasteiger partial charge on any atom is 0.534 e. The highest BCUT2D eigenvalue weighted by molar-refractivity contribution is 7.88. The molecular formula is C23H27F5O3SSi. The number of alkyl halides is 5. The van der Waals surface area contributed by atoms with Gasteiger partial charge in [-0.15, -0.1) is 5.54 Å². The van der Waals surface area contributed by atoms with Gasteiger partial charge in [0.05, 0.1) is 0 Å². The Balaban J connectivity index is 2.87. The van der Waals surface area contributed by atoms with Gasteiger partial charge in [0.1, 0.15) is 8.07 Å². The van der Waals surface area contributed by atoms with Crippen molar-refractivity contribution in [2.75, 3.05) is 0 Å². The molecule has 0 fully saturated rings. The Bertz CT molecular complexity index is 1150. The van der Waals surface area contributed by atoms with Gasteiger partial charge < -0.3 is 4.18 Å². The molecule has 0 unspecified atom stereocenters. The third kappa shape index (κ3) is 5.35.